The number of sulfone groups is 1. The maximum atomic E-state index is 14.9. The van der Waals surface area contributed by atoms with Crippen LogP contribution in [0.3, 0.4) is 0 Å². The number of benzene rings is 2. The minimum Gasteiger partial charge on any atom is -0.488 e. The standard InChI is InChI=1S/C23H18F7NO4S/c24-14-2-1-3-15(11-14)36(33,34)22(23(28,29)30,20(32)6-8-21(25,26)27)13-4-5-18-17(10-13)16-7-9-31-12-19(16)35-18/h1-5,9-11,16,19H,6-8,12H2. The van der Waals surface area contributed by atoms with E-state index in [-0.39, 0.29) is 30.3 Å². The van der Waals surface area contributed by atoms with Gasteiger partial charge in [-0.15, -0.1) is 0 Å². The van der Waals surface area contributed by atoms with Crippen LogP contribution >= 0.6 is 0 Å². The lowest BCUT2D eigenvalue weighted by atomic mass is 9.85. The van der Waals surface area contributed by atoms with Gasteiger partial charge >= 0.3 is 12.4 Å². The molecule has 2 aromatic carbocycles. The van der Waals surface area contributed by atoms with E-state index in [1.807, 2.05) is 0 Å². The van der Waals surface area contributed by atoms with Crippen molar-refractivity contribution in [1.29, 1.82) is 0 Å². The Kier molecular flexibility index (Phi) is 6.42. The van der Waals surface area contributed by atoms with Crippen LogP contribution in [0.25, 0.3) is 0 Å². The van der Waals surface area contributed by atoms with Crippen LogP contribution in [0, 0.1) is 5.82 Å². The maximum Gasteiger partial charge on any atom is 0.419 e. The van der Waals surface area contributed by atoms with Gasteiger partial charge in [0.2, 0.25) is 9.84 Å². The number of carbonyl (C=O) groups is 1. The third kappa shape index (κ3) is 4.27. The molecule has 0 radical (unpaired) electrons. The van der Waals surface area contributed by atoms with E-state index in [4.69, 9.17) is 4.74 Å². The van der Waals surface area contributed by atoms with Crippen molar-refractivity contribution in [3.8, 4) is 5.75 Å². The molecule has 2 heterocycles. The normalized spacial score (nSPS) is 21.3. The summed E-state index contributed by atoms with van der Waals surface area (Å²) in [4.78, 5) is 16.0. The van der Waals surface area contributed by atoms with Gasteiger partial charge in [-0.2, -0.15) is 26.3 Å². The molecule has 0 amide bonds. The molecule has 36 heavy (non-hydrogen) atoms. The zero-order valence-electron chi connectivity index (χ0n) is 18.2. The third-order valence-corrected chi connectivity index (χ3v) is 8.63. The van der Waals surface area contributed by atoms with E-state index in [1.165, 1.54) is 6.21 Å². The van der Waals surface area contributed by atoms with Gasteiger partial charge in [0.15, 0.2) is 5.78 Å². The van der Waals surface area contributed by atoms with E-state index in [9.17, 15) is 43.9 Å². The predicted molar refractivity (Wildman–Crippen MR) is 113 cm³/mol. The first kappa shape index (κ1) is 26.1. The monoisotopic (exact) mass is 537 g/mol. The topological polar surface area (TPSA) is 72.8 Å². The Hall–Kier alpha value is -2.96. The Bertz CT molecular complexity index is 1320. The summed E-state index contributed by atoms with van der Waals surface area (Å²) in [6.07, 6.45) is -13.4. The van der Waals surface area contributed by atoms with Crippen LogP contribution < -0.4 is 4.74 Å². The van der Waals surface area contributed by atoms with Crippen molar-refractivity contribution in [3.05, 3.63) is 59.4 Å². The molecule has 2 aliphatic heterocycles. The van der Waals surface area contributed by atoms with Crippen LogP contribution in [0.5, 0.6) is 5.75 Å². The lowest BCUT2D eigenvalue weighted by Crippen LogP contribution is -2.55. The van der Waals surface area contributed by atoms with Gasteiger partial charge in [0.1, 0.15) is 17.7 Å². The molecular formula is C23H18F7NO4S. The molecule has 0 bridgehead atoms. The average molecular weight is 537 g/mol. The zero-order valence-corrected chi connectivity index (χ0v) is 19.1. The number of ketones is 1. The quantitative estimate of drug-likeness (QED) is 0.470. The highest BCUT2D eigenvalue weighted by molar-refractivity contribution is 7.93. The summed E-state index contributed by atoms with van der Waals surface area (Å²) < 4.78 is 125. The Morgan fingerprint density at radius 1 is 1.06 bits per heavy atom. The molecule has 2 aliphatic rings. The van der Waals surface area contributed by atoms with Gasteiger partial charge in [-0.05, 0) is 48.5 Å². The van der Waals surface area contributed by atoms with Crippen molar-refractivity contribution in [2.45, 2.75) is 53.3 Å². The molecule has 13 heteroatoms. The van der Waals surface area contributed by atoms with Gasteiger partial charge < -0.3 is 4.74 Å². The lowest BCUT2D eigenvalue weighted by molar-refractivity contribution is -0.178. The Morgan fingerprint density at radius 3 is 2.42 bits per heavy atom. The summed E-state index contributed by atoms with van der Waals surface area (Å²) in [7, 11) is -5.86. The van der Waals surface area contributed by atoms with E-state index in [0.717, 1.165) is 24.3 Å². The van der Waals surface area contributed by atoms with Crippen LogP contribution in [-0.4, -0.2) is 45.4 Å². The minimum absolute atomic E-state index is 0.154. The highest BCUT2D eigenvalue weighted by atomic mass is 32.2. The number of alkyl halides is 6. The molecule has 0 saturated heterocycles. The summed E-state index contributed by atoms with van der Waals surface area (Å²) in [5.41, 5.74) is -0.910. The molecule has 0 aromatic heterocycles. The van der Waals surface area contributed by atoms with Gasteiger partial charge in [0, 0.05) is 17.9 Å². The van der Waals surface area contributed by atoms with Gasteiger partial charge in [0.25, 0.3) is 4.75 Å². The van der Waals surface area contributed by atoms with Crippen molar-refractivity contribution in [2.75, 3.05) is 6.54 Å². The summed E-state index contributed by atoms with van der Waals surface area (Å²) >= 11 is 0. The van der Waals surface area contributed by atoms with Crippen LogP contribution in [0.2, 0.25) is 0 Å². The summed E-state index contributed by atoms with van der Waals surface area (Å²) in [5, 5.41) is 0. The molecule has 194 valence electrons. The molecule has 2 aromatic rings. The Morgan fingerprint density at radius 2 is 1.78 bits per heavy atom. The number of ether oxygens (including phenoxy) is 1. The number of carbonyl (C=O) groups excluding carboxylic acids is 1. The highest BCUT2D eigenvalue weighted by Crippen LogP contribution is 2.52. The molecule has 0 spiro atoms. The van der Waals surface area contributed by atoms with Crippen LogP contribution in [-0.2, 0) is 19.4 Å². The summed E-state index contributed by atoms with van der Waals surface area (Å²) in [6, 6.07) is 5.14. The summed E-state index contributed by atoms with van der Waals surface area (Å²) in [5.74, 6) is -3.77. The molecule has 5 nitrogen and oxygen atoms in total. The van der Waals surface area contributed by atoms with Crippen LogP contribution in [0.15, 0.2) is 52.4 Å². The maximum absolute atomic E-state index is 14.9. The van der Waals surface area contributed by atoms with Crippen LogP contribution in [0.4, 0.5) is 30.7 Å². The fourth-order valence-corrected chi connectivity index (χ4v) is 6.62. The van der Waals surface area contributed by atoms with E-state index < -0.39 is 73.9 Å². The van der Waals surface area contributed by atoms with Crippen molar-refractivity contribution in [1.82, 2.24) is 0 Å². The predicted octanol–water partition coefficient (Wildman–Crippen LogP) is 5.29. The minimum atomic E-state index is -5.90. The molecule has 0 N–H and O–H groups in total. The first-order valence-corrected chi connectivity index (χ1v) is 12.1. The molecule has 3 unspecified atom stereocenters. The molecule has 0 fully saturated rings. The Labute approximate surface area is 200 Å². The number of fused-ring (bicyclic) bond motifs is 3. The van der Waals surface area contributed by atoms with Crippen molar-refractivity contribution >= 4 is 21.8 Å². The number of aliphatic imine (C=N–C) groups is 1. The van der Waals surface area contributed by atoms with Gasteiger partial charge in [0.05, 0.1) is 17.9 Å². The van der Waals surface area contributed by atoms with E-state index in [1.54, 1.807) is 0 Å². The zero-order chi connectivity index (χ0) is 26.5. The number of nitrogens with zero attached hydrogens (tertiary/aromatic N) is 1. The van der Waals surface area contributed by atoms with Gasteiger partial charge in [-0.1, -0.05) is 12.1 Å². The number of halogens is 7. The number of hydrogen-bond acceptors (Lipinski definition) is 5. The Balaban J connectivity index is 1.98. The molecule has 0 saturated carbocycles. The van der Waals surface area contributed by atoms with E-state index in [2.05, 4.69) is 4.99 Å². The van der Waals surface area contributed by atoms with E-state index >= 15 is 0 Å². The highest BCUT2D eigenvalue weighted by Gasteiger charge is 2.70. The SMILES string of the molecule is O=C(CCC(F)(F)F)C(c1ccc2c(c1)C1CC=NCC1O2)(C(F)(F)F)S(=O)(=O)c1cccc(F)c1. The van der Waals surface area contributed by atoms with Crippen molar-refractivity contribution in [2.24, 2.45) is 4.99 Å². The van der Waals surface area contributed by atoms with Crippen LogP contribution in [0.1, 0.15) is 36.3 Å². The molecule has 3 atom stereocenters. The third-order valence-electron chi connectivity index (χ3n) is 6.25. The molecular weight excluding hydrogens is 519 g/mol. The van der Waals surface area contributed by atoms with Gasteiger partial charge in [-0.25, -0.2) is 12.8 Å². The van der Waals surface area contributed by atoms with E-state index in [0.29, 0.717) is 12.1 Å². The fraction of sp³-hybridized carbons (Fsp3) is 0.391. The van der Waals surface area contributed by atoms with Crippen molar-refractivity contribution < 1.29 is 48.7 Å². The van der Waals surface area contributed by atoms with Gasteiger partial charge in [-0.3, -0.25) is 9.79 Å². The lowest BCUT2D eigenvalue weighted by Gasteiger charge is -2.35. The van der Waals surface area contributed by atoms with Crippen molar-refractivity contribution in [3.63, 3.8) is 0 Å². The first-order valence-electron chi connectivity index (χ1n) is 10.6. The second-order valence-electron chi connectivity index (χ2n) is 8.48. The first-order chi connectivity index (χ1) is 16.7. The number of rotatable bonds is 6. The second kappa shape index (κ2) is 8.86. The second-order valence-corrected chi connectivity index (χ2v) is 10.6. The average Bonchev–Trinajstić information content (AvgIpc) is 3.15. The smallest absolute Gasteiger partial charge is 0.419 e. The fourth-order valence-electron chi connectivity index (χ4n) is 4.60. The number of Topliss-reactive ketones (excluding diaryl/α,β-unsaturated/α-hetero) is 1. The summed E-state index contributed by atoms with van der Waals surface area (Å²) in [6.45, 7) is 0.200. The number of hydrogen-bond donors (Lipinski definition) is 0. The largest absolute Gasteiger partial charge is 0.488 e. The molecule has 4 rings (SSSR count). The molecule has 0 aliphatic carbocycles.